The number of hydrogen-bond acceptors (Lipinski definition) is 5. The van der Waals surface area contributed by atoms with Gasteiger partial charge in [-0.25, -0.2) is 12.8 Å². The summed E-state index contributed by atoms with van der Waals surface area (Å²) < 4.78 is 49.7. The number of halogens is 1. The monoisotopic (exact) mass is 438 g/mol. The molecule has 7 nitrogen and oxygen atoms in total. The van der Waals surface area contributed by atoms with Crippen LogP contribution in [0.2, 0.25) is 0 Å². The Morgan fingerprint density at radius 1 is 1.10 bits per heavy atom. The molecule has 1 N–H and O–H groups in total. The topological polar surface area (TPSA) is 84.9 Å². The Balaban J connectivity index is 2.30. The zero-order chi connectivity index (χ0) is 22.5. The van der Waals surface area contributed by atoms with Crippen LogP contribution in [0.15, 0.2) is 42.5 Å². The van der Waals surface area contributed by atoms with Crippen LogP contribution in [0.4, 0.5) is 10.1 Å². The average Bonchev–Trinajstić information content (AvgIpc) is 2.71. The third-order valence-corrected chi connectivity index (χ3v) is 5.86. The number of sulfonamides is 1. The Morgan fingerprint density at radius 2 is 1.70 bits per heavy atom. The van der Waals surface area contributed by atoms with Gasteiger partial charge in [0, 0.05) is 0 Å². The van der Waals surface area contributed by atoms with E-state index in [9.17, 15) is 17.6 Å². The van der Waals surface area contributed by atoms with Crippen molar-refractivity contribution in [3.05, 3.63) is 53.8 Å². The predicted octanol–water partition coefficient (Wildman–Crippen LogP) is 3.26. The van der Waals surface area contributed by atoms with Crippen molar-refractivity contribution in [2.75, 3.05) is 24.8 Å². The Bertz CT molecular complexity index is 979. The van der Waals surface area contributed by atoms with Gasteiger partial charge in [0.25, 0.3) is 0 Å². The molecule has 0 spiro atoms. The molecule has 0 heterocycles. The molecule has 0 radical (unpaired) electrons. The van der Waals surface area contributed by atoms with E-state index in [2.05, 4.69) is 5.32 Å². The number of carbonyl (C=O) groups is 1. The van der Waals surface area contributed by atoms with Gasteiger partial charge in [-0.1, -0.05) is 13.0 Å². The number of nitrogens with zero attached hydrogens (tertiary/aromatic N) is 1. The maximum Gasteiger partial charge on any atom is 0.244 e. The fourth-order valence-electron chi connectivity index (χ4n) is 3.16. The molecule has 30 heavy (non-hydrogen) atoms. The van der Waals surface area contributed by atoms with E-state index in [1.54, 1.807) is 32.0 Å². The Kier molecular flexibility index (Phi) is 7.66. The highest BCUT2D eigenvalue weighted by Gasteiger charge is 2.32. The number of methoxy groups -OCH3 is 2. The van der Waals surface area contributed by atoms with Gasteiger partial charge in [-0.3, -0.25) is 9.10 Å². The Hall–Kier alpha value is -2.81. The lowest BCUT2D eigenvalue weighted by molar-refractivity contribution is -0.122. The summed E-state index contributed by atoms with van der Waals surface area (Å²) in [6.07, 6.45) is 1.25. The first kappa shape index (κ1) is 23.5. The van der Waals surface area contributed by atoms with Gasteiger partial charge in [0.05, 0.1) is 32.2 Å². The highest BCUT2D eigenvalue weighted by Crippen LogP contribution is 2.30. The Morgan fingerprint density at radius 3 is 2.20 bits per heavy atom. The molecule has 9 heteroatoms. The normalized spacial score (nSPS) is 13.3. The minimum Gasteiger partial charge on any atom is -0.493 e. The molecule has 2 rings (SSSR count). The summed E-state index contributed by atoms with van der Waals surface area (Å²) >= 11 is 0. The van der Waals surface area contributed by atoms with Crippen molar-refractivity contribution < 1.29 is 27.1 Å². The van der Waals surface area contributed by atoms with Crippen LogP contribution in [0.5, 0.6) is 11.5 Å². The fourth-order valence-corrected chi connectivity index (χ4v) is 4.38. The van der Waals surface area contributed by atoms with E-state index in [1.165, 1.54) is 26.4 Å². The summed E-state index contributed by atoms with van der Waals surface area (Å²) in [6.45, 7) is 3.50. The molecule has 0 unspecified atom stereocenters. The van der Waals surface area contributed by atoms with Crippen molar-refractivity contribution in [1.82, 2.24) is 5.32 Å². The quantitative estimate of drug-likeness (QED) is 0.650. The second-order valence-electron chi connectivity index (χ2n) is 6.80. The van der Waals surface area contributed by atoms with Crippen LogP contribution in [0.3, 0.4) is 0 Å². The largest absolute Gasteiger partial charge is 0.493 e. The van der Waals surface area contributed by atoms with Gasteiger partial charge in [0.15, 0.2) is 11.5 Å². The summed E-state index contributed by atoms with van der Waals surface area (Å²) in [6, 6.07) is 8.85. The number of anilines is 1. The van der Waals surface area contributed by atoms with E-state index in [0.717, 1.165) is 28.3 Å². The second-order valence-corrected chi connectivity index (χ2v) is 8.66. The molecule has 2 atom stereocenters. The number of amides is 1. The third-order valence-electron chi connectivity index (χ3n) is 4.68. The molecule has 0 aliphatic rings. The summed E-state index contributed by atoms with van der Waals surface area (Å²) in [7, 11) is -0.744. The molecule has 0 aromatic heterocycles. The van der Waals surface area contributed by atoms with Gasteiger partial charge in [-0.05, 0) is 55.3 Å². The lowest BCUT2D eigenvalue weighted by Crippen LogP contribution is -2.49. The first-order chi connectivity index (χ1) is 14.1. The zero-order valence-corrected chi connectivity index (χ0v) is 18.5. The Labute approximate surface area is 176 Å². The van der Waals surface area contributed by atoms with Crippen molar-refractivity contribution in [2.24, 2.45) is 0 Å². The van der Waals surface area contributed by atoms with Crippen LogP contribution in [0, 0.1) is 5.82 Å². The summed E-state index contributed by atoms with van der Waals surface area (Å²) in [5, 5.41) is 2.85. The van der Waals surface area contributed by atoms with Crippen LogP contribution < -0.4 is 19.1 Å². The van der Waals surface area contributed by atoms with Crippen LogP contribution in [0.1, 0.15) is 31.9 Å². The number of nitrogens with one attached hydrogen (secondary N) is 1. The SMILES string of the molecule is CC[C@H](C(=O)N[C@H](C)c1ccc(OC)c(OC)c1)N(c1ccc(F)cc1)S(C)(=O)=O. The fraction of sp³-hybridized carbons (Fsp3) is 0.381. The van der Waals surface area contributed by atoms with Gasteiger partial charge in [0.1, 0.15) is 11.9 Å². The van der Waals surface area contributed by atoms with Crippen LogP contribution >= 0.6 is 0 Å². The predicted molar refractivity (Wildman–Crippen MR) is 114 cm³/mol. The number of hydrogen-bond donors (Lipinski definition) is 1. The molecule has 2 aromatic rings. The van der Waals surface area contributed by atoms with E-state index < -0.39 is 33.8 Å². The standard InChI is InChI=1S/C21H27FN2O5S/c1-6-18(24(30(5,26)27)17-10-8-16(22)9-11-17)21(25)23-14(2)15-7-12-19(28-3)20(13-15)29-4/h7-14,18H,6H2,1-5H3,(H,23,25)/t14-,18-/m1/s1. The lowest BCUT2D eigenvalue weighted by Gasteiger charge is -2.31. The molecular formula is C21H27FN2O5S. The minimum atomic E-state index is -3.79. The van der Waals surface area contributed by atoms with Gasteiger partial charge < -0.3 is 14.8 Å². The molecular weight excluding hydrogens is 411 g/mol. The van der Waals surface area contributed by atoms with E-state index in [1.807, 2.05) is 0 Å². The smallest absolute Gasteiger partial charge is 0.244 e. The van der Waals surface area contributed by atoms with E-state index in [0.29, 0.717) is 11.5 Å². The maximum absolute atomic E-state index is 13.3. The van der Waals surface area contributed by atoms with Crippen molar-refractivity contribution in [3.63, 3.8) is 0 Å². The molecule has 0 saturated carbocycles. The second kappa shape index (κ2) is 9.80. The van der Waals surface area contributed by atoms with E-state index in [-0.39, 0.29) is 12.1 Å². The zero-order valence-electron chi connectivity index (χ0n) is 17.7. The number of ether oxygens (including phenoxy) is 2. The van der Waals surface area contributed by atoms with E-state index in [4.69, 9.17) is 9.47 Å². The first-order valence-corrected chi connectivity index (χ1v) is 11.2. The summed E-state index contributed by atoms with van der Waals surface area (Å²) in [4.78, 5) is 13.0. The molecule has 0 aliphatic heterocycles. The van der Waals surface area contributed by atoms with Crippen molar-refractivity contribution >= 4 is 21.6 Å². The molecule has 0 bridgehead atoms. The van der Waals surface area contributed by atoms with Gasteiger partial charge in [0.2, 0.25) is 15.9 Å². The summed E-state index contributed by atoms with van der Waals surface area (Å²) in [5.41, 5.74) is 0.989. The van der Waals surface area contributed by atoms with Crippen molar-refractivity contribution in [1.29, 1.82) is 0 Å². The van der Waals surface area contributed by atoms with Crippen LogP contribution in [0.25, 0.3) is 0 Å². The molecule has 1 amide bonds. The van der Waals surface area contributed by atoms with Gasteiger partial charge in [-0.2, -0.15) is 0 Å². The number of benzene rings is 2. The highest BCUT2D eigenvalue weighted by atomic mass is 32.2. The van der Waals surface area contributed by atoms with Gasteiger partial charge >= 0.3 is 0 Å². The molecule has 164 valence electrons. The lowest BCUT2D eigenvalue weighted by atomic mass is 10.1. The van der Waals surface area contributed by atoms with Crippen LogP contribution in [-0.2, 0) is 14.8 Å². The summed E-state index contributed by atoms with van der Waals surface area (Å²) in [5.74, 6) is 0.124. The van der Waals surface area contributed by atoms with Crippen molar-refractivity contribution in [3.8, 4) is 11.5 Å². The van der Waals surface area contributed by atoms with Crippen molar-refractivity contribution in [2.45, 2.75) is 32.4 Å². The average molecular weight is 439 g/mol. The number of rotatable bonds is 9. The molecule has 2 aromatic carbocycles. The number of carbonyl (C=O) groups excluding carboxylic acids is 1. The minimum absolute atomic E-state index is 0.222. The van der Waals surface area contributed by atoms with E-state index >= 15 is 0 Å². The first-order valence-electron chi connectivity index (χ1n) is 9.39. The molecule has 0 aliphatic carbocycles. The van der Waals surface area contributed by atoms with Gasteiger partial charge in [-0.15, -0.1) is 0 Å². The van der Waals surface area contributed by atoms with Crippen LogP contribution in [-0.4, -0.2) is 40.8 Å². The maximum atomic E-state index is 13.3. The molecule has 0 fully saturated rings. The third kappa shape index (κ3) is 5.41. The highest BCUT2D eigenvalue weighted by molar-refractivity contribution is 7.92. The molecule has 0 saturated heterocycles.